The Hall–Kier alpha value is -2.50. The molecule has 0 aliphatic rings. The van der Waals surface area contributed by atoms with E-state index >= 15 is 0 Å². The van der Waals surface area contributed by atoms with Crippen molar-refractivity contribution >= 4 is 5.97 Å². The summed E-state index contributed by atoms with van der Waals surface area (Å²) in [5, 5.41) is 9.15. The number of carbonyl (C=O) groups is 1. The van der Waals surface area contributed by atoms with Crippen LogP contribution >= 0.6 is 0 Å². The summed E-state index contributed by atoms with van der Waals surface area (Å²) < 4.78 is 43.0. The molecule has 0 saturated carbocycles. The number of carboxylic acid groups (broad SMARTS) is 1. The van der Waals surface area contributed by atoms with Crippen molar-refractivity contribution in [1.82, 2.24) is 0 Å². The van der Waals surface area contributed by atoms with Gasteiger partial charge in [0.2, 0.25) is 0 Å². The van der Waals surface area contributed by atoms with Gasteiger partial charge in [-0.3, -0.25) is 0 Å². The minimum atomic E-state index is -4.59. The third kappa shape index (κ3) is 3.16. The lowest BCUT2D eigenvalue weighted by Gasteiger charge is -2.12. The van der Waals surface area contributed by atoms with Gasteiger partial charge in [0.05, 0.1) is 18.2 Å². The van der Waals surface area contributed by atoms with Gasteiger partial charge in [-0.2, -0.15) is 13.2 Å². The fraction of sp³-hybridized carbons (Fsp3) is 0.133. The van der Waals surface area contributed by atoms with Crippen LogP contribution < -0.4 is 4.74 Å². The van der Waals surface area contributed by atoms with E-state index in [1.165, 1.54) is 7.11 Å². The van der Waals surface area contributed by atoms with E-state index in [0.717, 1.165) is 12.1 Å². The van der Waals surface area contributed by atoms with Gasteiger partial charge in [0.15, 0.2) is 0 Å². The van der Waals surface area contributed by atoms with Gasteiger partial charge in [-0.05, 0) is 35.4 Å². The van der Waals surface area contributed by atoms with Gasteiger partial charge >= 0.3 is 12.1 Å². The van der Waals surface area contributed by atoms with Gasteiger partial charge in [-0.25, -0.2) is 4.79 Å². The van der Waals surface area contributed by atoms with E-state index < -0.39 is 23.3 Å². The van der Waals surface area contributed by atoms with Crippen molar-refractivity contribution < 1.29 is 27.8 Å². The Balaban J connectivity index is 2.60. The SMILES string of the molecule is COc1cccc(-c2ccc(C(F)(F)F)cc2C(=O)O)c1. The van der Waals surface area contributed by atoms with Crippen molar-refractivity contribution in [1.29, 1.82) is 0 Å². The van der Waals surface area contributed by atoms with Gasteiger partial charge in [0, 0.05) is 0 Å². The number of hydrogen-bond donors (Lipinski definition) is 1. The Morgan fingerprint density at radius 1 is 1.14 bits per heavy atom. The maximum Gasteiger partial charge on any atom is 0.416 e. The first-order valence-electron chi connectivity index (χ1n) is 5.92. The fourth-order valence-electron chi connectivity index (χ4n) is 1.94. The number of ether oxygens (including phenoxy) is 1. The second kappa shape index (κ2) is 5.47. The fourth-order valence-corrected chi connectivity index (χ4v) is 1.94. The molecule has 0 saturated heterocycles. The second-order valence-corrected chi connectivity index (χ2v) is 4.30. The minimum absolute atomic E-state index is 0.203. The summed E-state index contributed by atoms with van der Waals surface area (Å²) in [7, 11) is 1.45. The first kappa shape index (κ1) is 14.9. The van der Waals surface area contributed by atoms with Crippen LogP contribution in [0, 0.1) is 0 Å². The third-order valence-corrected chi connectivity index (χ3v) is 2.96. The molecule has 0 spiro atoms. The van der Waals surface area contributed by atoms with E-state index in [4.69, 9.17) is 9.84 Å². The van der Waals surface area contributed by atoms with Gasteiger partial charge < -0.3 is 9.84 Å². The number of aromatic carboxylic acids is 1. The normalized spacial score (nSPS) is 11.2. The lowest BCUT2D eigenvalue weighted by Crippen LogP contribution is -2.08. The number of halogens is 3. The molecule has 0 fully saturated rings. The predicted octanol–water partition coefficient (Wildman–Crippen LogP) is 4.08. The molecule has 0 atom stereocenters. The van der Waals surface area contributed by atoms with Gasteiger partial charge in [0.25, 0.3) is 0 Å². The number of carboxylic acids is 1. The molecule has 0 bridgehead atoms. The number of rotatable bonds is 3. The van der Waals surface area contributed by atoms with Crippen LogP contribution in [-0.2, 0) is 6.18 Å². The summed E-state index contributed by atoms with van der Waals surface area (Å²) in [6.45, 7) is 0. The van der Waals surface area contributed by atoms with Crippen molar-refractivity contribution in [2.75, 3.05) is 7.11 Å². The smallest absolute Gasteiger partial charge is 0.416 e. The second-order valence-electron chi connectivity index (χ2n) is 4.30. The number of benzene rings is 2. The Kier molecular flexibility index (Phi) is 3.88. The van der Waals surface area contributed by atoms with Crippen LogP contribution in [0.2, 0.25) is 0 Å². The number of hydrogen-bond acceptors (Lipinski definition) is 2. The monoisotopic (exact) mass is 296 g/mol. The molecule has 0 amide bonds. The van der Waals surface area contributed by atoms with Gasteiger partial charge in [-0.15, -0.1) is 0 Å². The first-order chi connectivity index (χ1) is 9.82. The highest BCUT2D eigenvalue weighted by Crippen LogP contribution is 2.34. The summed E-state index contributed by atoms with van der Waals surface area (Å²) in [5.74, 6) is -0.928. The quantitative estimate of drug-likeness (QED) is 0.928. The molecule has 110 valence electrons. The summed E-state index contributed by atoms with van der Waals surface area (Å²) in [4.78, 5) is 11.2. The zero-order valence-corrected chi connectivity index (χ0v) is 10.9. The van der Waals surface area contributed by atoms with Crippen molar-refractivity contribution in [3.63, 3.8) is 0 Å². The van der Waals surface area contributed by atoms with E-state index in [1.807, 2.05) is 0 Å². The van der Waals surface area contributed by atoms with Crippen LogP contribution in [0.25, 0.3) is 11.1 Å². The highest BCUT2D eigenvalue weighted by molar-refractivity contribution is 5.96. The van der Waals surface area contributed by atoms with Crippen LogP contribution in [0.15, 0.2) is 42.5 Å². The molecule has 0 unspecified atom stereocenters. The average Bonchev–Trinajstić information content (AvgIpc) is 2.45. The molecule has 0 heterocycles. The Bertz CT molecular complexity index is 678. The molecule has 1 N–H and O–H groups in total. The zero-order chi connectivity index (χ0) is 15.6. The molecular weight excluding hydrogens is 285 g/mol. The summed E-state index contributed by atoms with van der Waals surface area (Å²) in [5.41, 5.74) is -0.723. The maximum atomic E-state index is 12.7. The molecule has 0 aliphatic heterocycles. The zero-order valence-electron chi connectivity index (χ0n) is 10.9. The summed E-state index contributed by atoms with van der Waals surface area (Å²) >= 11 is 0. The first-order valence-corrected chi connectivity index (χ1v) is 5.92. The Labute approximate surface area is 118 Å². The molecule has 2 aromatic rings. The van der Waals surface area contributed by atoms with E-state index in [9.17, 15) is 18.0 Å². The van der Waals surface area contributed by atoms with E-state index in [2.05, 4.69) is 0 Å². The predicted molar refractivity (Wildman–Crippen MR) is 70.4 cm³/mol. The molecule has 6 heteroatoms. The van der Waals surface area contributed by atoms with E-state index in [1.54, 1.807) is 24.3 Å². The lowest BCUT2D eigenvalue weighted by molar-refractivity contribution is -0.137. The lowest BCUT2D eigenvalue weighted by atomic mass is 9.97. The Morgan fingerprint density at radius 3 is 2.43 bits per heavy atom. The maximum absolute atomic E-state index is 12.7. The van der Waals surface area contributed by atoms with Crippen LogP contribution in [0.1, 0.15) is 15.9 Å². The van der Waals surface area contributed by atoms with Crippen molar-refractivity contribution in [2.24, 2.45) is 0 Å². The van der Waals surface area contributed by atoms with E-state index in [0.29, 0.717) is 17.4 Å². The van der Waals surface area contributed by atoms with E-state index in [-0.39, 0.29) is 5.56 Å². The standard InChI is InChI=1S/C15H11F3O3/c1-21-11-4-2-3-9(7-11)12-6-5-10(15(16,17)18)8-13(12)14(19)20/h2-8H,1H3,(H,19,20). The van der Waals surface area contributed by atoms with Crippen LogP contribution in [0.3, 0.4) is 0 Å². The topological polar surface area (TPSA) is 46.5 Å². The van der Waals surface area contributed by atoms with Gasteiger partial charge in [-0.1, -0.05) is 18.2 Å². The molecule has 3 nitrogen and oxygen atoms in total. The largest absolute Gasteiger partial charge is 0.497 e. The highest BCUT2D eigenvalue weighted by Gasteiger charge is 2.31. The van der Waals surface area contributed by atoms with Crippen LogP contribution in [0.5, 0.6) is 5.75 Å². The molecule has 2 aromatic carbocycles. The molecule has 2 rings (SSSR count). The average molecular weight is 296 g/mol. The van der Waals surface area contributed by atoms with Crippen LogP contribution in [-0.4, -0.2) is 18.2 Å². The Morgan fingerprint density at radius 2 is 1.86 bits per heavy atom. The third-order valence-electron chi connectivity index (χ3n) is 2.96. The molecule has 0 aliphatic carbocycles. The molecule has 0 aromatic heterocycles. The highest BCUT2D eigenvalue weighted by atomic mass is 19.4. The van der Waals surface area contributed by atoms with Gasteiger partial charge in [0.1, 0.15) is 5.75 Å². The molecule has 0 radical (unpaired) electrons. The van der Waals surface area contributed by atoms with Crippen molar-refractivity contribution in [3.8, 4) is 16.9 Å². The number of methoxy groups -OCH3 is 1. The summed E-state index contributed by atoms with van der Waals surface area (Å²) in [6, 6.07) is 9.12. The summed E-state index contributed by atoms with van der Waals surface area (Å²) in [6.07, 6.45) is -4.59. The van der Waals surface area contributed by atoms with Crippen molar-refractivity contribution in [2.45, 2.75) is 6.18 Å². The van der Waals surface area contributed by atoms with Crippen molar-refractivity contribution in [3.05, 3.63) is 53.6 Å². The minimum Gasteiger partial charge on any atom is -0.497 e. The molecular formula is C15H11F3O3. The number of alkyl halides is 3. The molecule has 21 heavy (non-hydrogen) atoms. The van der Waals surface area contributed by atoms with Crippen LogP contribution in [0.4, 0.5) is 13.2 Å².